The Labute approximate surface area is 241 Å². The molecule has 1 aliphatic heterocycles. The van der Waals surface area contributed by atoms with Crippen molar-refractivity contribution >= 4 is 36.6 Å². The molecule has 0 spiro atoms. The zero-order valence-corrected chi connectivity index (χ0v) is 24.5. The number of fused-ring (bicyclic) bond motifs is 1. The van der Waals surface area contributed by atoms with Gasteiger partial charge in [-0.1, -0.05) is 18.2 Å². The molecule has 2 fully saturated rings. The summed E-state index contributed by atoms with van der Waals surface area (Å²) in [7, 11) is -4.28. The Morgan fingerprint density at radius 1 is 1.29 bits per heavy atom. The molecular formula is C26H35FN7O7P. The number of ether oxygens (including phenoxy) is 2. The number of rotatable bonds is 12. The standard InChI is InChI=1S/C26H35FN7O7P/c1-14(2)39-23(36)15(3)33-42(37,41-17-8-6-5-7-9-17)38-12-18-20(35)26(4,27)24(40-18)34-13-29-19-21(30-16-10-11-16)31-25(28)32-22(19)34/h5-9,13-16,18,20,24,35H,10-12H2,1-4H3,(H,33,37)(H3,28,30,31,32)/t15-,18?,20-,24-,26-,42+/m1/s1. The second kappa shape index (κ2) is 11.7. The molecule has 1 aliphatic carbocycles. The highest BCUT2D eigenvalue weighted by Crippen LogP contribution is 2.48. The lowest BCUT2D eigenvalue weighted by atomic mass is 9.98. The lowest BCUT2D eigenvalue weighted by Crippen LogP contribution is -2.41. The van der Waals surface area contributed by atoms with Crippen LogP contribution >= 0.6 is 7.75 Å². The zero-order chi connectivity index (χ0) is 30.2. The maximum absolute atomic E-state index is 16.1. The minimum Gasteiger partial charge on any atom is -0.462 e. The highest BCUT2D eigenvalue weighted by Gasteiger charge is 2.56. The Hall–Kier alpha value is -3.36. The molecule has 14 nitrogen and oxygen atoms in total. The van der Waals surface area contributed by atoms with E-state index >= 15 is 4.39 Å². The molecule has 0 bridgehead atoms. The van der Waals surface area contributed by atoms with E-state index in [4.69, 9.17) is 24.3 Å². The second-order valence-electron chi connectivity index (χ2n) is 10.8. The second-order valence-corrected chi connectivity index (χ2v) is 12.5. The molecule has 0 radical (unpaired) electrons. The number of aliphatic hydroxyl groups is 1. The molecule has 228 valence electrons. The number of nitrogen functional groups attached to an aromatic ring is 1. The van der Waals surface area contributed by atoms with Crippen molar-refractivity contribution in [3.8, 4) is 5.75 Å². The van der Waals surface area contributed by atoms with E-state index in [1.54, 1.807) is 44.2 Å². The molecule has 3 aromatic rings. The minimum atomic E-state index is -4.28. The molecule has 1 aromatic carbocycles. The van der Waals surface area contributed by atoms with Gasteiger partial charge in [-0.15, -0.1) is 0 Å². The van der Waals surface area contributed by atoms with E-state index in [1.807, 2.05) is 0 Å². The van der Waals surface area contributed by atoms with Gasteiger partial charge >= 0.3 is 13.7 Å². The summed E-state index contributed by atoms with van der Waals surface area (Å²) in [5.41, 5.74) is 4.16. The van der Waals surface area contributed by atoms with Gasteiger partial charge in [0, 0.05) is 6.04 Å². The van der Waals surface area contributed by atoms with E-state index in [0.29, 0.717) is 11.3 Å². The van der Waals surface area contributed by atoms with Gasteiger partial charge in [-0.3, -0.25) is 13.9 Å². The first-order chi connectivity index (χ1) is 19.9. The number of benzene rings is 1. The van der Waals surface area contributed by atoms with Gasteiger partial charge in [0.2, 0.25) is 5.95 Å². The number of nitrogens with one attached hydrogen (secondary N) is 2. The van der Waals surface area contributed by atoms with Crippen molar-refractivity contribution in [2.45, 2.75) is 82.8 Å². The Morgan fingerprint density at radius 3 is 2.67 bits per heavy atom. The summed E-state index contributed by atoms with van der Waals surface area (Å²) in [5, 5.41) is 16.7. The van der Waals surface area contributed by atoms with Crippen LogP contribution < -0.4 is 20.7 Å². The smallest absolute Gasteiger partial charge is 0.459 e. The molecular weight excluding hydrogens is 572 g/mol. The van der Waals surface area contributed by atoms with Gasteiger partial charge in [0.15, 0.2) is 28.9 Å². The summed E-state index contributed by atoms with van der Waals surface area (Å²) in [6.07, 6.45) is -1.50. The van der Waals surface area contributed by atoms with Crippen LogP contribution in [-0.4, -0.2) is 73.3 Å². The first kappa shape index (κ1) is 30.1. The van der Waals surface area contributed by atoms with Crippen molar-refractivity contribution < 1.29 is 37.4 Å². The van der Waals surface area contributed by atoms with Crippen molar-refractivity contribution in [3.05, 3.63) is 36.7 Å². The number of imidazole rings is 1. The summed E-state index contributed by atoms with van der Waals surface area (Å²) < 4.78 is 53.6. The average molecular weight is 608 g/mol. The lowest BCUT2D eigenvalue weighted by molar-refractivity contribution is -0.149. The van der Waals surface area contributed by atoms with Crippen molar-refractivity contribution in [1.82, 2.24) is 24.6 Å². The average Bonchev–Trinajstić information content (AvgIpc) is 3.59. The van der Waals surface area contributed by atoms with Gasteiger partial charge in [-0.05, 0) is 52.7 Å². The summed E-state index contributed by atoms with van der Waals surface area (Å²) in [4.78, 5) is 25.2. The Balaban J connectivity index is 1.36. The number of carbonyl (C=O) groups is 1. The number of hydrogen-bond donors (Lipinski definition) is 4. The van der Waals surface area contributed by atoms with Crippen LogP contribution in [0.1, 0.15) is 46.8 Å². The van der Waals surface area contributed by atoms with E-state index < -0.39 is 56.6 Å². The molecule has 5 rings (SSSR count). The molecule has 3 heterocycles. The maximum Gasteiger partial charge on any atom is 0.459 e. The third-order valence-corrected chi connectivity index (χ3v) is 8.41. The van der Waals surface area contributed by atoms with Gasteiger partial charge in [-0.25, -0.2) is 13.9 Å². The molecule has 1 saturated carbocycles. The molecule has 42 heavy (non-hydrogen) atoms. The lowest BCUT2D eigenvalue weighted by Gasteiger charge is -2.25. The third kappa shape index (κ3) is 6.50. The summed E-state index contributed by atoms with van der Waals surface area (Å²) in [6, 6.07) is 7.33. The van der Waals surface area contributed by atoms with Gasteiger partial charge in [0.1, 0.15) is 24.0 Å². The highest BCUT2D eigenvalue weighted by molar-refractivity contribution is 7.52. The Kier molecular flexibility index (Phi) is 8.41. The maximum atomic E-state index is 16.1. The fraction of sp³-hybridized carbons (Fsp3) is 0.538. The number of nitrogens with two attached hydrogens (primary N) is 1. The van der Waals surface area contributed by atoms with Crippen molar-refractivity contribution in [2.24, 2.45) is 0 Å². The molecule has 2 aliphatic rings. The van der Waals surface area contributed by atoms with Crippen LogP contribution in [0.25, 0.3) is 11.2 Å². The number of aliphatic hydroxyl groups excluding tert-OH is 1. The number of hydrogen-bond acceptors (Lipinski definition) is 12. The quantitative estimate of drug-likeness (QED) is 0.174. The molecule has 1 unspecified atom stereocenters. The number of carbonyl (C=O) groups excluding carboxylic acids is 1. The fourth-order valence-electron chi connectivity index (χ4n) is 4.48. The van der Waals surface area contributed by atoms with Crippen LogP contribution in [-0.2, 0) is 23.4 Å². The first-order valence-electron chi connectivity index (χ1n) is 13.6. The number of nitrogens with zero attached hydrogens (tertiary/aromatic N) is 4. The topological polar surface area (TPSA) is 185 Å². The predicted molar refractivity (Wildman–Crippen MR) is 150 cm³/mol. The van der Waals surface area contributed by atoms with Gasteiger partial charge in [0.25, 0.3) is 0 Å². The van der Waals surface area contributed by atoms with Gasteiger partial charge < -0.3 is 30.2 Å². The van der Waals surface area contributed by atoms with E-state index in [9.17, 15) is 14.5 Å². The summed E-state index contributed by atoms with van der Waals surface area (Å²) in [5.74, 6) is -0.103. The Morgan fingerprint density at radius 2 is 2.00 bits per heavy atom. The molecule has 1 saturated heterocycles. The van der Waals surface area contributed by atoms with Crippen LogP contribution in [0.5, 0.6) is 5.75 Å². The number of esters is 1. The Bertz CT molecular complexity index is 1470. The van der Waals surface area contributed by atoms with Crippen LogP contribution in [0, 0.1) is 0 Å². The largest absolute Gasteiger partial charge is 0.462 e. The first-order valence-corrected chi connectivity index (χ1v) is 15.2. The highest BCUT2D eigenvalue weighted by atomic mass is 31.2. The molecule has 5 N–H and O–H groups in total. The molecule has 6 atom stereocenters. The number of alkyl halides is 1. The summed E-state index contributed by atoms with van der Waals surface area (Å²) >= 11 is 0. The number of aromatic nitrogens is 4. The number of anilines is 2. The van der Waals surface area contributed by atoms with E-state index in [0.717, 1.165) is 12.8 Å². The third-order valence-electron chi connectivity index (χ3n) is 6.76. The minimum absolute atomic E-state index is 0.0402. The van der Waals surface area contributed by atoms with Gasteiger partial charge in [0.05, 0.1) is 19.0 Å². The number of para-hydroxylation sites is 1. The zero-order valence-electron chi connectivity index (χ0n) is 23.6. The van der Waals surface area contributed by atoms with Crippen LogP contribution in [0.15, 0.2) is 36.7 Å². The molecule has 0 amide bonds. The van der Waals surface area contributed by atoms with Crippen molar-refractivity contribution in [1.29, 1.82) is 0 Å². The van der Waals surface area contributed by atoms with E-state index in [-0.39, 0.29) is 23.4 Å². The fourth-order valence-corrected chi connectivity index (χ4v) is 5.99. The SMILES string of the molecule is CC(C)OC(=O)[C@@H](C)N[P@](=O)(OCC1O[C@@H](n2cnc3c(NC4CC4)nc(N)nc32)[C@](C)(F)[C@@H]1O)Oc1ccccc1. The molecule has 16 heteroatoms. The monoisotopic (exact) mass is 607 g/mol. The predicted octanol–water partition coefficient (Wildman–Crippen LogP) is 3.10. The van der Waals surface area contributed by atoms with E-state index in [1.165, 1.54) is 24.7 Å². The van der Waals surface area contributed by atoms with Crippen molar-refractivity contribution in [3.63, 3.8) is 0 Å². The van der Waals surface area contributed by atoms with E-state index in [2.05, 4.69) is 25.4 Å². The molecule has 2 aromatic heterocycles. The van der Waals surface area contributed by atoms with Crippen molar-refractivity contribution in [2.75, 3.05) is 17.7 Å². The number of halogens is 1. The van der Waals surface area contributed by atoms with Crippen LogP contribution in [0.3, 0.4) is 0 Å². The van der Waals surface area contributed by atoms with Crippen LogP contribution in [0.2, 0.25) is 0 Å². The normalized spacial score (nSPS) is 26.2. The van der Waals surface area contributed by atoms with Gasteiger partial charge in [-0.2, -0.15) is 15.1 Å². The van der Waals surface area contributed by atoms with Crippen LogP contribution in [0.4, 0.5) is 16.2 Å². The summed E-state index contributed by atoms with van der Waals surface area (Å²) in [6.45, 7) is 5.41.